The molecule has 138 valence electrons. The Morgan fingerprint density at radius 2 is 1.62 bits per heavy atom. The summed E-state index contributed by atoms with van der Waals surface area (Å²) in [5.41, 5.74) is 4.08. The summed E-state index contributed by atoms with van der Waals surface area (Å²) in [6, 6.07) is 19.3. The third kappa shape index (κ3) is 5.43. The average Bonchev–Trinajstić information content (AvgIpc) is 2.70. The fraction of sp³-hybridized carbons (Fsp3) is 0.435. The maximum atomic E-state index is 12.4. The predicted molar refractivity (Wildman–Crippen MR) is 106 cm³/mol. The summed E-state index contributed by atoms with van der Waals surface area (Å²) in [6.07, 6.45) is 4.00. The summed E-state index contributed by atoms with van der Waals surface area (Å²) in [6.45, 7) is 6.18. The molecule has 0 aromatic heterocycles. The van der Waals surface area contributed by atoms with Crippen molar-refractivity contribution in [3.63, 3.8) is 0 Å². The lowest BCUT2D eigenvalue weighted by Crippen LogP contribution is -3.11. The number of benzene rings is 2. The van der Waals surface area contributed by atoms with Crippen LogP contribution in [-0.4, -0.2) is 25.5 Å². The van der Waals surface area contributed by atoms with Gasteiger partial charge in [0.2, 0.25) is 5.91 Å². The lowest BCUT2D eigenvalue weighted by Gasteiger charge is -2.28. The molecule has 2 aromatic carbocycles. The molecule has 1 amide bonds. The molecule has 0 unspecified atom stereocenters. The number of carbonyl (C=O) groups is 1. The summed E-state index contributed by atoms with van der Waals surface area (Å²) in [4.78, 5) is 14.0. The third-order valence-electron chi connectivity index (χ3n) is 5.50. The van der Waals surface area contributed by atoms with Crippen molar-refractivity contribution in [2.45, 2.75) is 39.2 Å². The molecule has 2 aromatic rings. The van der Waals surface area contributed by atoms with Crippen molar-refractivity contribution >= 4 is 5.91 Å². The summed E-state index contributed by atoms with van der Waals surface area (Å²) >= 11 is 0. The van der Waals surface area contributed by atoms with E-state index in [1.807, 2.05) is 18.2 Å². The molecule has 1 saturated heterocycles. The highest BCUT2D eigenvalue weighted by atomic mass is 16.1. The molecule has 3 rings (SSSR count). The normalized spacial score (nSPS) is 19.9. The minimum atomic E-state index is 0.192. The Hall–Kier alpha value is -2.13. The van der Waals surface area contributed by atoms with Crippen LogP contribution in [0, 0.1) is 5.92 Å². The Labute approximate surface area is 157 Å². The first-order chi connectivity index (χ1) is 12.7. The molecule has 3 nitrogen and oxygen atoms in total. The maximum Gasteiger partial charge on any atom is 0.223 e. The van der Waals surface area contributed by atoms with Crippen molar-refractivity contribution in [1.29, 1.82) is 0 Å². The van der Waals surface area contributed by atoms with Crippen LogP contribution in [0.25, 0.3) is 0 Å². The van der Waals surface area contributed by atoms with E-state index >= 15 is 0 Å². The number of hydrogen-bond donors (Lipinski definition) is 2. The summed E-state index contributed by atoms with van der Waals surface area (Å²) in [5, 5.41) is 3.13. The van der Waals surface area contributed by atoms with Crippen molar-refractivity contribution in [2.75, 3.05) is 19.6 Å². The van der Waals surface area contributed by atoms with Gasteiger partial charge in [0.25, 0.3) is 0 Å². The Morgan fingerprint density at radius 3 is 2.27 bits per heavy atom. The Balaban J connectivity index is 1.37. The van der Waals surface area contributed by atoms with Gasteiger partial charge in [-0.15, -0.1) is 0 Å². The minimum absolute atomic E-state index is 0.192. The zero-order valence-electron chi connectivity index (χ0n) is 15.8. The van der Waals surface area contributed by atoms with Gasteiger partial charge in [0.1, 0.15) is 6.54 Å². The van der Waals surface area contributed by atoms with Crippen molar-refractivity contribution in [2.24, 2.45) is 5.92 Å². The largest absolute Gasteiger partial charge is 0.356 e. The zero-order chi connectivity index (χ0) is 18.2. The maximum absolute atomic E-state index is 12.4. The second-order valence-electron chi connectivity index (χ2n) is 7.40. The van der Waals surface area contributed by atoms with E-state index in [1.165, 1.54) is 16.7 Å². The van der Waals surface area contributed by atoms with Crippen LogP contribution in [0.4, 0.5) is 0 Å². The first-order valence-corrected chi connectivity index (χ1v) is 9.97. The minimum Gasteiger partial charge on any atom is -0.356 e. The van der Waals surface area contributed by atoms with Crippen LogP contribution in [0.1, 0.15) is 36.5 Å². The number of quaternary nitrogens is 1. The van der Waals surface area contributed by atoms with E-state index in [4.69, 9.17) is 0 Å². The molecule has 3 heteroatoms. The van der Waals surface area contributed by atoms with Gasteiger partial charge < -0.3 is 10.2 Å². The molecule has 0 spiro atoms. The van der Waals surface area contributed by atoms with E-state index in [0.717, 1.165) is 51.9 Å². The molecule has 1 heterocycles. The first-order valence-electron chi connectivity index (χ1n) is 9.97. The van der Waals surface area contributed by atoms with E-state index in [9.17, 15) is 4.79 Å². The van der Waals surface area contributed by atoms with Gasteiger partial charge in [0.15, 0.2) is 0 Å². The molecule has 0 atom stereocenters. The van der Waals surface area contributed by atoms with E-state index in [2.05, 4.69) is 48.6 Å². The highest BCUT2D eigenvalue weighted by molar-refractivity contribution is 5.78. The highest BCUT2D eigenvalue weighted by Crippen LogP contribution is 2.11. The summed E-state index contributed by atoms with van der Waals surface area (Å²) in [5.74, 6) is 0.435. The number of likely N-dealkylation sites (tertiary alicyclic amines) is 1. The number of rotatable bonds is 7. The third-order valence-corrected chi connectivity index (χ3v) is 5.50. The van der Waals surface area contributed by atoms with Crippen LogP contribution in [-0.2, 0) is 24.2 Å². The lowest BCUT2D eigenvalue weighted by molar-refractivity contribution is -0.919. The first kappa shape index (κ1) is 18.7. The monoisotopic (exact) mass is 351 g/mol. The molecule has 0 aliphatic carbocycles. The Kier molecular flexibility index (Phi) is 6.84. The molecule has 0 bridgehead atoms. The number of nitrogens with one attached hydrogen (secondary N) is 2. The average molecular weight is 352 g/mol. The van der Waals surface area contributed by atoms with Crippen molar-refractivity contribution in [3.05, 3.63) is 71.3 Å². The van der Waals surface area contributed by atoms with Gasteiger partial charge in [-0.1, -0.05) is 61.5 Å². The summed E-state index contributed by atoms with van der Waals surface area (Å²) < 4.78 is 0. The molecular weight excluding hydrogens is 320 g/mol. The Bertz CT molecular complexity index is 673. The van der Waals surface area contributed by atoms with Gasteiger partial charge in [0.05, 0.1) is 13.1 Å². The molecule has 26 heavy (non-hydrogen) atoms. The van der Waals surface area contributed by atoms with Crippen LogP contribution < -0.4 is 10.2 Å². The van der Waals surface area contributed by atoms with Crippen LogP contribution in [0.5, 0.6) is 0 Å². The van der Waals surface area contributed by atoms with Gasteiger partial charge in [-0.25, -0.2) is 0 Å². The molecule has 1 aliphatic heterocycles. The van der Waals surface area contributed by atoms with Crippen LogP contribution in [0.2, 0.25) is 0 Å². The van der Waals surface area contributed by atoms with Crippen LogP contribution >= 0.6 is 0 Å². The van der Waals surface area contributed by atoms with Gasteiger partial charge in [-0.3, -0.25) is 4.79 Å². The Morgan fingerprint density at radius 1 is 0.962 bits per heavy atom. The molecule has 0 saturated carbocycles. The zero-order valence-corrected chi connectivity index (χ0v) is 15.8. The second kappa shape index (κ2) is 9.54. The second-order valence-corrected chi connectivity index (χ2v) is 7.40. The molecule has 1 aliphatic rings. The van der Waals surface area contributed by atoms with Crippen LogP contribution in [0.3, 0.4) is 0 Å². The quantitative estimate of drug-likeness (QED) is 0.789. The number of amides is 1. The van der Waals surface area contributed by atoms with Gasteiger partial charge >= 0.3 is 0 Å². The van der Waals surface area contributed by atoms with Crippen molar-refractivity contribution < 1.29 is 9.69 Å². The van der Waals surface area contributed by atoms with Crippen LogP contribution in [0.15, 0.2) is 54.6 Å². The number of piperidine rings is 1. The molecule has 0 radical (unpaired) electrons. The lowest BCUT2D eigenvalue weighted by atomic mass is 9.95. The van der Waals surface area contributed by atoms with Gasteiger partial charge in [0, 0.05) is 30.9 Å². The van der Waals surface area contributed by atoms with Crippen molar-refractivity contribution in [3.8, 4) is 0 Å². The smallest absolute Gasteiger partial charge is 0.223 e. The number of carbonyl (C=O) groups excluding carboxylic acids is 1. The summed E-state index contributed by atoms with van der Waals surface area (Å²) in [7, 11) is 0. The molecule has 1 fully saturated rings. The molecular formula is C23H31N2O+. The fourth-order valence-corrected chi connectivity index (χ4v) is 3.77. The fourth-order valence-electron chi connectivity index (χ4n) is 3.77. The topological polar surface area (TPSA) is 33.5 Å². The number of aryl methyl sites for hydroxylation is 1. The standard InChI is InChI=1S/C23H30N2O/c1-2-19-8-10-21(11-9-19)18-25-16-13-22(14-17-25)23(26)24-15-12-20-6-4-3-5-7-20/h3-11,22H,2,12-18H2,1H3,(H,24,26)/p+1. The van der Waals surface area contributed by atoms with E-state index in [-0.39, 0.29) is 11.8 Å². The van der Waals surface area contributed by atoms with E-state index in [0.29, 0.717) is 0 Å². The van der Waals surface area contributed by atoms with Crippen molar-refractivity contribution in [1.82, 2.24) is 5.32 Å². The van der Waals surface area contributed by atoms with Gasteiger partial charge in [-0.05, 0) is 24.0 Å². The van der Waals surface area contributed by atoms with Gasteiger partial charge in [-0.2, -0.15) is 0 Å². The van der Waals surface area contributed by atoms with E-state index in [1.54, 1.807) is 4.90 Å². The SMILES string of the molecule is CCc1ccc(C[NH+]2CCC(C(=O)NCCc3ccccc3)CC2)cc1. The predicted octanol–water partition coefficient (Wildman–Crippen LogP) is 2.40. The van der Waals surface area contributed by atoms with E-state index < -0.39 is 0 Å². The number of hydrogen-bond acceptors (Lipinski definition) is 1. The highest BCUT2D eigenvalue weighted by Gasteiger charge is 2.27. The molecule has 2 N–H and O–H groups in total.